The van der Waals surface area contributed by atoms with Crippen LogP contribution in [0.1, 0.15) is 61.1 Å². The Labute approximate surface area is 246 Å². The number of carbonyl (C=O) groups is 3. The van der Waals surface area contributed by atoms with E-state index in [0.717, 1.165) is 17.5 Å². The monoisotopic (exact) mass is 562 g/mol. The zero-order chi connectivity index (χ0) is 30.1. The molecule has 4 rings (SSSR count). The molecule has 0 aromatic heterocycles. The first-order valence-corrected chi connectivity index (χ1v) is 13.9. The molecule has 0 aliphatic heterocycles. The lowest BCUT2D eigenvalue weighted by Gasteiger charge is -2.23. The molecule has 0 saturated heterocycles. The topological polar surface area (TPSA) is 125 Å². The summed E-state index contributed by atoms with van der Waals surface area (Å²) in [5.41, 5.74) is 15.5. The summed E-state index contributed by atoms with van der Waals surface area (Å²) in [4.78, 5) is 39.8. The first-order chi connectivity index (χ1) is 20.3. The fraction of sp³-hybridized carbons (Fsp3) is 0.200. The maximum absolute atomic E-state index is 13.9. The zero-order valence-corrected chi connectivity index (χ0v) is 23.9. The van der Waals surface area contributed by atoms with Crippen molar-refractivity contribution < 1.29 is 19.1 Å². The van der Waals surface area contributed by atoms with Gasteiger partial charge >= 0.3 is 0 Å². The molecular formula is C35H36N3O4. The lowest BCUT2D eigenvalue weighted by atomic mass is 9.85. The second-order valence-corrected chi connectivity index (χ2v) is 10.2. The first-order valence-electron chi connectivity index (χ1n) is 13.9. The maximum atomic E-state index is 13.9. The van der Waals surface area contributed by atoms with Crippen molar-refractivity contribution >= 4 is 17.7 Å². The van der Waals surface area contributed by atoms with E-state index in [9.17, 15) is 14.4 Å². The van der Waals surface area contributed by atoms with E-state index in [4.69, 9.17) is 16.2 Å². The summed E-state index contributed by atoms with van der Waals surface area (Å²) in [6.07, 6.45) is 4.35. The molecule has 1 radical (unpaired) electrons. The molecule has 0 saturated carbocycles. The van der Waals surface area contributed by atoms with E-state index in [1.807, 2.05) is 61.9 Å². The van der Waals surface area contributed by atoms with Gasteiger partial charge in [0.2, 0.25) is 11.8 Å². The lowest BCUT2D eigenvalue weighted by Crippen LogP contribution is -2.38. The van der Waals surface area contributed by atoms with E-state index < -0.39 is 17.7 Å². The van der Waals surface area contributed by atoms with Gasteiger partial charge in [-0.25, -0.2) is 0 Å². The molecule has 0 bridgehead atoms. The van der Waals surface area contributed by atoms with Gasteiger partial charge in [-0.15, -0.1) is 0 Å². The molecule has 4 aromatic rings. The van der Waals surface area contributed by atoms with Crippen molar-refractivity contribution in [3.8, 4) is 16.9 Å². The van der Waals surface area contributed by atoms with Crippen LogP contribution in [0.2, 0.25) is 0 Å². The highest BCUT2D eigenvalue weighted by Crippen LogP contribution is 2.34. The highest BCUT2D eigenvalue weighted by atomic mass is 16.5. The molecule has 7 nitrogen and oxygen atoms in total. The number of amides is 3. The molecule has 1 unspecified atom stereocenters. The second-order valence-electron chi connectivity index (χ2n) is 10.2. The number of rotatable bonds is 13. The summed E-state index contributed by atoms with van der Waals surface area (Å²) in [5, 5.41) is 3.13. The average molecular weight is 563 g/mol. The van der Waals surface area contributed by atoms with Crippen molar-refractivity contribution in [2.24, 2.45) is 11.5 Å². The van der Waals surface area contributed by atoms with E-state index in [-0.39, 0.29) is 22.7 Å². The molecule has 0 spiro atoms. The minimum atomic E-state index is -0.903. The molecule has 215 valence electrons. The van der Waals surface area contributed by atoms with Crippen molar-refractivity contribution in [2.45, 2.75) is 38.6 Å². The summed E-state index contributed by atoms with van der Waals surface area (Å²) in [5.74, 6) is -1.60. The Balaban J connectivity index is 1.78. The highest BCUT2D eigenvalue weighted by Gasteiger charge is 2.29. The number of carbonyl (C=O) groups excluding carboxylic acids is 3. The molecular weight excluding hydrogens is 526 g/mol. The minimum Gasteiger partial charge on any atom is -0.497 e. The summed E-state index contributed by atoms with van der Waals surface area (Å²) >= 11 is 0. The van der Waals surface area contributed by atoms with Crippen LogP contribution in [0.5, 0.6) is 5.75 Å². The van der Waals surface area contributed by atoms with Crippen molar-refractivity contribution in [2.75, 3.05) is 7.11 Å². The molecule has 42 heavy (non-hydrogen) atoms. The Morgan fingerprint density at radius 2 is 1.43 bits per heavy atom. The zero-order valence-electron chi connectivity index (χ0n) is 23.9. The quantitative estimate of drug-likeness (QED) is 0.204. The molecule has 5 N–H and O–H groups in total. The number of ether oxygens (including phenoxy) is 1. The Morgan fingerprint density at radius 3 is 1.98 bits per heavy atom. The molecule has 0 aliphatic rings. The first kappa shape index (κ1) is 30.1. The van der Waals surface area contributed by atoms with Gasteiger partial charge < -0.3 is 21.5 Å². The fourth-order valence-electron chi connectivity index (χ4n) is 5.26. The number of nitrogens with one attached hydrogen (secondary N) is 1. The van der Waals surface area contributed by atoms with E-state index in [0.29, 0.717) is 41.7 Å². The summed E-state index contributed by atoms with van der Waals surface area (Å²) < 4.78 is 5.28. The average Bonchev–Trinajstić information content (AvgIpc) is 3.00. The van der Waals surface area contributed by atoms with Gasteiger partial charge in [0.05, 0.1) is 23.8 Å². The standard InChI is InChI=1S/C35H36N3O4/c1-3-10-26-22-29(31(33(36)39)32(34(37)40)30(26)25-16-19-28(42-2)20-17-25)35(41)38-27(21-24-13-8-5-9-14-24)18-15-23-11-6-4-7-12-23/h3-9,11-14,16-17,19-20,22,27H,10,15,18,21H2,1-2H3,(H2,36,39)(H2,37,40)(H,38,41). The summed E-state index contributed by atoms with van der Waals surface area (Å²) in [7, 11) is 1.56. The summed E-state index contributed by atoms with van der Waals surface area (Å²) in [6.45, 7) is 1.88. The molecule has 7 heteroatoms. The van der Waals surface area contributed by atoms with Crippen molar-refractivity contribution in [3.63, 3.8) is 0 Å². The lowest BCUT2D eigenvalue weighted by molar-refractivity contribution is 0.0918. The smallest absolute Gasteiger partial charge is 0.252 e. The number of hydrogen-bond acceptors (Lipinski definition) is 4. The van der Waals surface area contributed by atoms with E-state index in [1.54, 1.807) is 37.4 Å². The van der Waals surface area contributed by atoms with Crippen LogP contribution in [0.4, 0.5) is 0 Å². The van der Waals surface area contributed by atoms with E-state index >= 15 is 0 Å². The van der Waals surface area contributed by atoms with Crippen LogP contribution in [0, 0.1) is 6.42 Å². The molecule has 0 aliphatic carbocycles. The third-order valence-electron chi connectivity index (χ3n) is 7.23. The number of aryl methyl sites for hydroxylation is 1. The van der Waals surface area contributed by atoms with Gasteiger partial charge in [0.15, 0.2) is 0 Å². The van der Waals surface area contributed by atoms with Gasteiger partial charge in [-0.2, -0.15) is 0 Å². The van der Waals surface area contributed by atoms with Crippen molar-refractivity contribution in [1.82, 2.24) is 5.32 Å². The molecule has 1 atom stereocenters. The summed E-state index contributed by atoms with van der Waals surface area (Å²) in [6, 6.07) is 28.4. The molecule has 4 aromatic carbocycles. The second kappa shape index (κ2) is 14.1. The van der Waals surface area contributed by atoms with Gasteiger partial charge in [-0.05, 0) is 78.1 Å². The van der Waals surface area contributed by atoms with Crippen LogP contribution in [0.25, 0.3) is 11.1 Å². The molecule has 0 fully saturated rings. The number of nitrogens with two attached hydrogens (primary N) is 2. The molecule has 3 amide bonds. The Hall–Kier alpha value is -4.91. The van der Waals surface area contributed by atoms with Crippen molar-refractivity contribution in [1.29, 1.82) is 0 Å². The normalized spacial score (nSPS) is 11.5. The van der Waals surface area contributed by atoms with Crippen LogP contribution in [-0.2, 0) is 19.3 Å². The van der Waals surface area contributed by atoms with Crippen LogP contribution in [-0.4, -0.2) is 30.9 Å². The van der Waals surface area contributed by atoms with Gasteiger partial charge in [-0.1, -0.05) is 79.7 Å². The van der Waals surface area contributed by atoms with Crippen LogP contribution in [0.3, 0.4) is 0 Å². The predicted molar refractivity (Wildman–Crippen MR) is 165 cm³/mol. The highest BCUT2D eigenvalue weighted by molar-refractivity contribution is 6.17. The van der Waals surface area contributed by atoms with Crippen LogP contribution in [0.15, 0.2) is 91.0 Å². The Kier molecular flexibility index (Phi) is 10.1. The van der Waals surface area contributed by atoms with E-state index in [2.05, 4.69) is 17.4 Å². The number of benzene rings is 4. The number of methoxy groups -OCH3 is 1. The maximum Gasteiger partial charge on any atom is 0.252 e. The van der Waals surface area contributed by atoms with Gasteiger partial charge in [0.1, 0.15) is 5.75 Å². The SMILES string of the molecule is C[CH]Cc1cc(C(=O)NC(CCc2ccccc2)Cc2ccccc2)c(C(N)=O)c(C(N)=O)c1-c1ccc(OC)cc1. The third kappa shape index (κ3) is 7.23. The van der Waals surface area contributed by atoms with Gasteiger partial charge in [0.25, 0.3) is 5.91 Å². The largest absolute Gasteiger partial charge is 0.497 e. The Morgan fingerprint density at radius 1 is 0.833 bits per heavy atom. The van der Waals surface area contributed by atoms with Crippen molar-refractivity contribution in [3.05, 3.63) is 131 Å². The van der Waals surface area contributed by atoms with Gasteiger partial charge in [0, 0.05) is 6.04 Å². The molecule has 0 heterocycles. The Bertz CT molecular complexity index is 1530. The van der Waals surface area contributed by atoms with Gasteiger partial charge in [-0.3, -0.25) is 14.4 Å². The fourth-order valence-corrected chi connectivity index (χ4v) is 5.26. The third-order valence-corrected chi connectivity index (χ3v) is 7.23. The number of primary amides is 2. The van der Waals surface area contributed by atoms with Crippen LogP contribution < -0.4 is 21.5 Å². The number of hydrogen-bond donors (Lipinski definition) is 3. The predicted octanol–water partition coefficient (Wildman–Crippen LogP) is 5.30. The van der Waals surface area contributed by atoms with E-state index in [1.165, 1.54) is 0 Å². The minimum absolute atomic E-state index is 0.0307. The van der Waals surface area contributed by atoms with Crippen LogP contribution >= 0.6 is 0 Å².